The van der Waals surface area contributed by atoms with Crippen LogP contribution in [0.4, 0.5) is 0 Å². The van der Waals surface area contributed by atoms with Gasteiger partial charge in [0, 0.05) is 18.3 Å². The lowest BCUT2D eigenvalue weighted by Crippen LogP contribution is -2.51. The summed E-state index contributed by atoms with van der Waals surface area (Å²) in [6.45, 7) is 8.77. The molecule has 7 heteroatoms. The van der Waals surface area contributed by atoms with E-state index in [0.717, 1.165) is 50.9 Å². The van der Waals surface area contributed by atoms with Crippen LogP contribution in [0.2, 0.25) is 0 Å². The van der Waals surface area contributed by atoms with Crippen LogP contribution in [0, 0.1) is 40.4 Å². The van der Waals surface area contributed by atoms with Crippen LogP contribution in [0.15, 0.2) is 36.0 Å². The van der Waals surface area contributed by atoms with Crippen molar-refractivity contribution in [2.45, 2.75) is 123 Å². The SMILES string of the molecule is CCC(=O)OC1CCC2C3CCC4=CC(=O)CCC4(C)C3CCC12C.CCCC=CC=CC1CC(O)C(O)C(=O)C1C=O. The smallest absolute Gasteiger partial charge is 0.305 e. The predicted octanol–water partition coefficient (Wildman–Crippen LogP) is 5.86. The molecule has 0 bridgehead atoms. The molecule has 0 saturated heterocycles. The van der Waals surface area contributed by atoms with E-state index < -0.39 is 23.9 Å². The van der Waals surface area contributed by atoms with Gasteiger partial charge in [0.25, 0.3) is 0 Å². The number of ketones is 2. The molecule has 0 aliphatic heterocycles. The number of hydrogen-bond donors (Lipinski definition) is 2. The van der Waals surface area contributed by atoms with Crippen molar-refractivity contribution in [3.8, 4) is 0 Å². The first-order valence-corrected chi connectivity index (χ1v) is 16.6. The molecule has 10 unspecified atom stereocenters. The van der Waals surface area contributed by atoms with Crippen LogP contribution in [-0.2, 0) is 23.9 Å². The van der Waals surface area contributed by atoms with E-state index in [9.17, 15) is 29.4 Å². The van der Waals surface area contributed by atoms with Gasteiger partial charge in [-0.25, -0.2) is 0 Å². The molecule has 43 heavy (non-hydrogen) atoms. The lowest BCUT2D eigenvalue weighted by molar-refractivity contribution is -0.159. The first-order valence-electron chi connectivity index (χ1n) is 16.6. The first-order chi connectivity index (χ1) is 20.5. The summed E-state index contributed by atoms with van der Waals surface area (Å²) in [5, 5.41) is 18.9. The molecule has 7 nitrogen and oxygen atoms in total. The predicted molar refractivity (Wildman–Crippen MR) is 165 cm³/mol. The zero-order chi connectivity index (χ0) is 31.4. The van der Waals surface area contributed by atoms with E-state index in [4.69, 9.17) is 4.74 Å². The number of allylic oxidation sites excluding steroid dienone is 5. The van der Waals surface area contributed by atoms with E-state index in [1.807, 2.05) is 25.2 Å². The number of carbonyl (C=O) groups is 4. The number of hydrogen-bond acceptors (Lipinski definition) is 7. The molecule has 5 rings (SSSR count). The van der Waals surface area contributed by atoms with Gasteiger partial charge in [-0.2, -0.15) is 0 Å². The average Bonchev–Trinajstić information content (AvgIpc) is 3.32. The topological polar surface area (TPSA) is 118 Å². The summed E-state index contributed by atoms with van der Waals surface area (Å²) in [4.78, 5) is 46.3. The van der Waals surface area contributed by atoms with E-state index in [0.29, 0.717) is 30.3 Å². The highest BCUT2D eigenvalue weighted by Crippen LogP contribution is 2.65. The van der Waals surface area contributed by atoms with Crippen molar-refractivity contribution in [2.24, 2.45) is 40.4 Å². The number of aldehydes is 1. The Kier molecular flexibility index (Phi) is 11.0. The zero-order valence-electron chi connectivity index (χ0n) is 26.5. The van der Waals surface area contributed by atoms with Crippen LogP contribution in [0.5, 0.6) is 0 Å². The van der Waals surface area contributed by atoms with Gasteiger partial charge in [-0.1, -0.05) is 64.0 Å². The van der Waals surface area contributed by atoms with Crippen molar-refractivity contribution < 1.29 is 34.1 Å². The minimum Gasteiger partial charge on any atom is -0.462 e. The fraction of sp³-hybridized carbons (Fsp3) is 0.722. The number of fused-ring (bicyclic) bond motifs is 5. The molecule has 0 spiro atoms. The largest absolute Gasteiger partial charge is 0.462 e. The van der Waals surface area contributed by atoms with Gasteiger partial charge >= 0.3 is 5.97 Å². The Bertz CT molecular complexity index is 1140. The molecule has 5 aliphatic rings. The average molecular weight is 597 g/mol. The number of Topliss-reactive ketones (excluding diaryl/α,β-unsaturated/α-hetero) is 1. The van der Waals surface area contributed by atoms with Crippen LogP contribution in [-0.4, -0.2) is 52.3 Å². The van der Waals surface area contributed by atoms with E-state index in [1.54, 1.807) is 12.2 Å². The van der Waals surface area contributed by atoms with Crippen LogP contribution in [0.25, 0.3) is 0 Å². The third kappa shape index (κ3) is 6.83. The molecule has 5 aliphatic carbocycles. The highest BCUT2D eigenvalue weighted by atomic mass is 16.5. The van der Waals surface area contributed by atoms with Crippen LogP contribution in [0.3, 0.4) is 0 Å². The van der Waals surface area contributed by atoms with Crippen LogP contribution >= 0.6 is 0 Å². The zero-order valence-corrected chi connectivity index (χ0v) is 26.5. The quantitative estimate of drug-likeness (QED) is 0.163. The molecular weight excluding hydrogens is 544 g/mol. The maximum absolute atomic E-state index is 11.9. The Balaban J connectivity index is 0.000000209. The Morgan fingerprint density at radius 2 is 1.79 bits per heavy atom. The first kappa shape index (κ1) is 33.5. The number of unbranched alkanes of at least 4 members (excludes halogenated alkanes) is 1. The summed E-state index contributed by atoms with van der Waals surface area (Å²) < 4.78 is 5.86. The van der Waals surface area contributed by atoms with Crippen LogP contribution in [0.1, 0.15) is 105 Å². The molecule has 4 fully saturated rings. The summed E-state index contributed by atoms with van der Waals surface area (Å²) >= 11 is 0. The monoisotopic (exact) mass is 596 g/mol. The van der Waals surface area contributed by atoms with Gasteiger partial charge in [-0.3, -0.25) is 14.4 Å². The highest BCUT2D eigenvalue weighted by molar-refractivity contribution is 5.97. The molecule has 10 atom stereocenters. The molecule has 0 aromatic heterocycles. The van der Waals surface area contributed by atoms with E-state index in [-0.39, 0.29) is 35.2 Å². The minimum absolute atomic E-state index is 0.0411. The van der Waals surface area contributed by atoms with Crippen molar-refractivity contribution >= 4 is 23.8 Å². The van der Waals surface area contributed by atoms with Crippen molar-refractivity contribution in [1.82, 2.24) is 0 Å². The van der Waals surface area contributed by atoms with Gasteiger partial charge in [0.15, 0.2) is 11.6 Å². The lowest BCUT2D eigenvalue weighted by Gasteiger charge is -2.57. The fourth-order valence-corrected chi connectivity index (χ4v) is 9.01. The summed E-state index contributed by atoms with van der Waals surface area (Å²) in [6, 6.07) is 0. The molecular formula is C36H52O7. The number of rotatable bonds is 7. The van der Waals surface area contributed by atoms with Gasteiger partial charge in [0.1, 0.15) is 18.5 Å². The molecule has 0 aromatic carbocycles. The van der Waals surface area contributed by atoms with Gasteiger partial charge in [-0.15, -0.1) is 0 Å². The molecule has 4 saturated carbocycles. The van der Waals surface area contributed by atoms with Crippen molar-refractivity contribution in [3.63, 3.8) is 0 Å². The maximum atomic E-state index is 11.9. The number of carbonyl (C=O) groups excluding carboxylic acids is 4. The van der Waals surface area contributed by atoms with Crippen LogP contribution < -0.4 is 0 Å². The Morgan fingerprint density at radius 1 is 1.02 bits per heavy atom. The second-order valence-corrected chi connectivity index (χ2v) is 14.0. The summed E-state index contributed by atoms with van der Waals surface area (Å²) in [5.74, 6) is 0.644. The third-order valence-electron chi connectivity index (χ3n) is 11.6. The number of esters is 1. The third-order valence-corrected chi connectivity index (χ3v) is 11.6. The molecule has 0 heterocycles. The Morgan fingerprint density at radius 3 is 2.49 bits per heavy atom. The standard InChI is InChI=1S/C22H32O3.C14H20O4/c1-4-20(24)25-19-8-7-17-16-6-5-14-13-15(23)9-11-21(14,2)18(16)10-12-22(17,19)3;1-2-3-4-5-6-7-10-8-12(16)14(18)13(17)11(10)9-15/h13,16-19H,4-12H2,1-3H3;4-7,9-12,14,16,18H,2-3,8H2,1H3. The molecule has 0 amide bonds. The minimum atomic E-state index is -1.43. The van der Waals surface area contributed by atoms with Crippen molar-refractivity contribution in [2.75, 3.05) is 0 Å². The number of ether oxygens (including phenoxy) is 1. The van der Waals surface area contributed by atoms with Gasteiger partial charge in [0.05, 0.1) is 12.0 Å². The summed E-state index contributed by atoms with van der Waals surface area (Å²) in [6.07, 6.45) is 19.0. The number of aliphatic hydroxyl groups is 2. The van der Waals surface area contributed by atoms with Gasteiger partial charge in [-0.05, 0) is 93.0 Å². The lowest BCUT2D eigenvalue weighted by atomic mass is 9.47. The van der Waals surface area contributed by atoms with E-state index >= 15 is 0 Å². The van der Waals surface area contributed by atoms with Crippen molar-refractivity contribution in [3.05, 3.63) is 36.0 Å². The Hall–Kier alpha value is -2.38. The maximum Gasteiger partial charge on any atom is 0.305 e. The highest BCUT2D eigenvalue weighted by Gasteiger charge is 2.60. The normalized spacial score (nSPS) is 40.7. The van der Waals surface area contributed by atoms with Gasteiger partial charge in [0.2, 0.25) is 0 Å². The fourth-order valence-electron chi connectivity index (χ4n) is 9.01. The molecule has 2 N–H and O–H groups in total. The molecule has 0 aromatic rings. The second kappa shape index (κ2) is 14.2. The van der Waals surface area contributed by atoms with Gasteiger partial charge < -0.3 is 19.7 Å². The second-order valence-electron chi connectivity index (χ2n) is 14.0. The summed E-state index contributed by atoms with van der Waals surface area (Å²) in [5.41, 5.74) is 1.82. The number of aliphatic hydroxyl groups excluding tert-OH is 2. The van der Waals surface area contributed by atoms with E-state index in [2.05, 4.69) is 20.8 Å². The molecule has 238 valence electrons. The summed E-state index contributed by atoms with van der Waals surface area (Å²) in [7, 11) is 0. The van der Waals surface area contributed by atoms with E-state index in [1.165, 1.54) is 24.8 Å². The Labute approximate surface area is 257 Å². The molecule has 0 radical (unpaired) electrons. The van der Waals surface area contributed by atoms with Crippen molar-refractivity contribution in [1.29, 1.82) is 0 Å².